The maximum atomic E-state index is 4.50. The molecule has 0 aliphatic rings. The molecule has 9 aromatic carbocycles. The van der Waals surface area contributed by atoms with Crippen LogP contribution in [-0.4, -0.2) is 9.97 Å². The minimum Gasteiger partial charge on any atom is -0.305 e. The molecule has 0 N–H and O–H groups in total. The number of unbranched alkanes of at least 4 members (excludes halogenated alkanes) is 3. The Kier molecular flexibility index (Phi) is 17.3. The van der Waals surface area contributed by atoms with E-state index in [1.54, 1.807) is 0 Å². The number of hydrogen-bond donors (Lipinski definition) is 0. The van der Waals surface area contributed by atoms with Gasteiger partial charge >= 0.3 is 0 Å². The molecule has 0 atom stereocenters. The molecule has 1 radical (unpaired) electrons. The Labute approximate surface area is 445 Å². The monoisotopic (exact) mass is 1120 g/mol. The zero-order chi connectivity index (χ0) is 48.6. The molecule has 3 heteroatoms. The van der Waals surface area contributed by atoms with Crippen LogP contribution >= 0.6 is 0 Å². The molecule has 2 nitrogen and oxygen atoms in total. The largest absolute Gasteiger partial charge is 0.305 e. The van der Waals surface area contributed by atoms with E-state index in [0.29, 0.717) is 0 Å². The molecular weight excluding hydrogens is 1060 g/mol. The van der Waals surface area contributed by atoms with Crippen LogP contribution in [0.15, 0.2) is 267 Å². The van der Waals surface area contributed by atoms with Crippen LogP contribution in [0.4, 0.5) is 0 Å². The van der Waals surface area contributed by atoms with Crippen LogP contribution in [0.3, 0.4) is 0 Å². The zero-order valence-electron chi connectivity index (χ0n) is 40.9. The third-order valence-corrected chi connectivity index (χ3v) is 13.2. The Hall–Kier alpha value is -8.07. The van der Waals surface area contributed by atoms with Gasteiger partial charge in [-0.05, 0) is 140 Å². The van der Waals surface area contributed by atoms with Crippen molar-refractivity contribution in [1.29, 1.82) is 0 Å². The minimum absolute atomic E-state index is 0. The minimum atomic E-state index is 0. The van der Waals surface area contributed by atoms with Crippen LogP contribution < -0.4 is 0 Å². The fraction of sp³-hybridized carbons (Fsp3) is 0.0857. The summed E-state index contributed by atoms with van der Waals surface area (Å²) in [5.74, 6) is 0. The van der Waals surface area contributed by atoms with Crippen LogP contribution in [0, 0.1) is 12.1 Å². The van der Waals surface area contributed by atoms with E-state index in [2.05, 4.69) is 222 Å². The average Bonchev–Trinajstić information content (AvgIpc) is 3.47. The van der Waals surface area contributed by atoms with Crippen LogP contribution in [0.2, 0.25) is 0 Å². The van der Waals surface area contributed by atoms with Gasteiger partial charge in [0.25, 0.3) is 0 Å². The van der Waals surface area contributed by atoms with Crippen molar-refractivity contribution in [3.05, 3.63) is 290 Å². The van der Waals surface area contributed by atoms with Gasteiger partial charge in [0, 0.05) is 32.5 Å². The van der Waals surface area contributed by atoms with Crippen molar-refractivity contribution in [2.24, 2.45) is 0 Å². The molecule has 2 heterocycles. The second kappa shape index (κ2) is 25.4. The molecule has 11 aromatic rings. The van der Waals surface area contributed by atoms with Gasteiger partial charge in [0.15, 0.2) is 0 Å². The van der Waals surface area contributed by atoms with Gasteiger partial charge in [-0.15, -0.1) is 70.8 Å². The van der Waals surface area contributed by atoms with E-state index in [1.165, 1.54) is 104 Å². The van der Waals surface area contributed by atoms with E-state index in [9.17, 15) is 0 Å². The fourth-order valence-electron chi connectivity index (χ4n) is 9.34. The van der Waals surface area contributed by atoms with Gasteiger partial charge in [-0.2, -0.15) is 0 Å². The molecule has 0 fully saturated rings. The fourth-order valence-corrected chi connectivity index (χ4v) is 9.34. The van der Waals surface area contributed by atoms with Gasteiger partial charge in [0.1, 0.15) is 0 Å². The topological polar surface area (TPSA) is 25.8 Å². The van der Waals surface area contributed by atoms with E-state index in [4.69, 9.17) is 0 Å². The first kappa shape index (κ1) is 49.9. The van der Waals surface area contributed by atoms with Gasteiger partial charge in [-0.3, -0.25) is 0 Å². The number of aryl methyl sites for hydroxylation is 2. The molecule has 73 heavy (non-hydrogen) atoms. The Bertz CT molecular complexity index is 3360. The molecule has 0 aliphatic carbocycles. The van der Waals surface area contributed by atoms with E-state index < -0.39 is 0 Å². The van der Waals surface area contributed by atoms with Gasteiger partial charge in [0.05, 0.1) is 0 Å². The molecule has 0 amide bonds. The van der Waals surface area contributed by atoms with E-state index in [-0.39, 0.29) is 20.1 Å². The van der Waals surface area contributed by atoms with Crippen molar-refractivity contribution in [2.45, 2.75) is 38.5 Å². The second-order valence-corrected chi connectivity index (χ2v) is 18.2. The molecular formula is C70H56IrN2-2. The second-order valence-electron chi connectivity index (χ2n) is 18.2. The SMILES string of the molecule is [Ir].[c-]1ccc(-c2cccc(-c3cccc(-c4cccc(CCCCCCc5ccccc5)c4)c3)c2)cc1-c1ccccn1.[c-]1ccc(-c2cccc(-c3cccc(-c4ccccc4)c3)c2)cc1-c1ccccn1. The molecule has 11 rings (SSSR count). The third kappa shape index (κ3) is 13.5. The first-order valence-electron chi connectivity index (χ1n) is 25.2. The van der Waals surface area contributed by atoms with Gasteiger partial charge in [-0.1, -0.05) is 195 Å². The number of benzene rings is 9. The van der Waals surface area contributed by atoms with Gasteiger partial charge in [-0.25, -0.2) is 0 Å². The summed E-state index contributed by atoms with van der Waals surface area (Å²) in [4.78, 5) is 8.96. The first-order chi connectivity index (χ1) is 35.7. The van der Waals surface area contributed by atoms with Crippen molar-refractivity contribution in [3.63, 3.8) is 0 Å². The summed E-state index contributed by atoms with van der Waals surface area (Å²) >= 11 is 0. The molecule has 0 saturated carbocycles. The predicted molar refractivity (Wildman–Crippen MR) is 302 cm³/mol. The summed E-state index contributed by atoms with van der Waals surface area (Å²) in [5.41, 5.74) is 21.3. The smallest absolute Gasteiger partial charge is 0.0160 e. The maximum Gasteiger partial charge on any atom is 0.0160 e. The Morgan fingerprint density at radius 1 is 0.260 bits per heavy atom. The molecule has 0 aliphatic heterocycles. The van der Waals surface area contributed by atoms with Crippen molar-refractivity contribution in [1.82, 2.24) is 9.97 Å². The van der Waals surface area contributed by atoms with Crippen molar-refractivity contribution >= 4 is 0 Å². The van der Waals surface area contributed by atoms with Crippen molar-refractivity contribution in [2.75, 3.05) is 0 Å². The summed E-state index contributed by atoms with van der Waals surface area (Å²) < 4.78 is 0. The molecule has 0 bridgehead atoms. The average molecular weight is 1120 g/mol. The molecule has 0 unspecified atom stereocenters. The van der Waals surface area contributed by atoms with Crippen molar-refractivity contribution in [3.8, 4) is 89.3 Å². The number of pyridine rings is 2. The number of nitrogens with zero attached hydrogens (tertiary/aromatic N) is 2. The van der Waals surface area contributed by atoms with Crippen LogP contribution in [0.1, 0.15) is 36.8 Å². The normalized spacial score (nSPS) is 10.7. The number of hydrogen-bond acceptors (Lipinski definition) is 2. The maximum absolute atomic E-state index is 4.50. The zero-order valence-corrected chi connectivity index (χ0v) is 43.3. The summed E-state index contributed by atoms with van der Waals surface area (Å²) in [6, 6.07) is 96.7. The quantitative estimate of drug-likeness (QED) is 0.0755. The van der Waals surface area contributed by atoms with E-state index in [0.717, 1.165) is 34.5 Å². The van der Waals surface area contributed by atoms with Crippen LogP contribution in [0.5, 0.6) is 0 Å². The van der Waals surface area contributed by atoms with Crippen LogP contribution in [0.25, 0.3) is 89.3 Å². The summed E-state index contributed by atoms with van der Waals surface area (Å²) in [6.45, 7) is 0. The Morgan fingerprint density at radius 3 is 1.01 bits per heavy atom. The predicted octanol–water partition coefficient (Wildman–Crippen LogP) is 18.4. The van der Waals surface area contributed by atoms with E-state index >= 15 is 0 Å². The molecule has 0 spiro atoms. The molecule has 357 valence electrons. The molecule has 2 aromatic heterocycles. The summed E-state index contributed by atoms with van der Waals surface area (Å²) in [6.07, 6.45) is 11.1. The summed E-state index contributed by atoms with van der Waals surface area (Å²) in [7, 11) is 0. The summed E-state index contributed by atoms with van der Waals surface area (Å²) in [5, 5.41) is 0. The number of aromatic nitrogens is 2. The third-order valence-electron chi connectivity index (χ3n) is 13.2. The number of rotatable bonds is 15. The Balaban J connectivity index is 0.000000187. The van der Waals surface area contributed by atoms with Crippen LogP contribution in [-0.2, 0) is 32.9 Å². The molecule has 0 saturated heterocycles. The van der Waals surface area contributed by atoms with Gasteiger partial charge < -0.3 is 9.97 Å². The first-order valence-corrected chi connectivity index (χ1v) is 25.2. The standard InChI is InChI=1S/C41H36N.C29H20N.Ir/c1(4-14-32-15-6-3-7-16-32)2-5-17-33-18-10-19-34(28-33)35-20-11-21-36(29-35)37-22-12-23-38(30-37)39-24-13-25-40(31-39)41-26-8-9-27-42-41;1-2-9-22(10-3-1)23-11-6-12-24(19-23)25-13-7-14-26(20-25)27-15-8-16-28(21-27)29-17-4-5-18-30-29;/h3,6-13,15-16,18-24,26-31H,1-2,4-5,14,17H2;1-15,17-21H;/q2*-1;. The van der Waals surface area contributed by atoms with E-state index in [1.807, 2.05) is 67.0 Å². The van der Waals surface area contributed by atoms with Gasteiger partial charge in [0.2, 0.25) is 0 Å². The Morgan fingerprint density at radius 2 is 0.589 bits per heavy atom. The van der Waals surface area contributed by atoms with Crippen molar-refractivity contribution < 1.29 is 20.1 Å².